The van der Waals surface area contributed by atoms with E-state index in [0.717, 1.165) is 63.3 Å². The number of amides is 1. The van der Waals surface area contributed by atoms with Gasteiger partial charge in [0.2, 0.25) is 0 Å². The van der Waals surface area contributed by atoms with E-state index in [4.69, 9.17) is 4.42 Å². The molecule has 0 saturated carbocycles. The van der Waals surface area contributed by atoms with Gasteiger partial charge >= 0.3 is 0 Å². The van der Waals surface area contributed by atoms with E-state index in [1.54, 1.807) is 29.0 Å². The predicted octanol–water partition coefficient (Wildman–Crippen LogP) is 3.75. The molecule has 0 spiro atoms. The second-order valence-electron chi connectivity index (χ2n) is 8.59. The highest BCUT2D eigenvalue weighted by Crippen LogP contribution is 2.16. The number of nitrogens with one attached hydrogen (secondary N) is 1. The summed E-state index contributed by atoms with van der Waals surface area (Å²) in [5, 5.41) is 3.59. The molecule has 170 valence electrons. The zero-order chi connectivity index (χ0) is 22.5. The highest BCUT2D eigenvalue weighted by atomic mass is 16.3. The van der Waals surface area contributed by atoms with Crippen LogP contribution in [0.4, 0.5) is 0 Å². The molecule has 1 amide bonds. The van der Waals surface area contributed by atoms with Crippen molar-refractivity contribution in [1.82, 2.24) is 19.8 Å². The Hall–Kier alpha value is -2.93. The Labute approximate surface area is 188 Å². The second-order valence-corrected chi connectivity index (χ2v) is 8.59. The lowest BCUT2D eigenvalue weighted by Crippen LogP contribution is -2.35. The van der Waals surface area contributed by atoms with Crippen molar-refractivity contribution in [3.8, 4) is 0 Å². The van der Waals surface area contributed by atoms with Crippen LogP contribution in [-0.4, -0.2) is 39.5 Å². The van der Waals surface area contributed by atoms with Crippen molar-refractivity contribution in [1.29, 1.82) is 0 Å². The SMILES string of the molecule is CC[C@@H](C)N(CCCNC(=O)c1ccc2c(=O)n3c(nc2c1)CCCC3)Cc1ccco1. The Morgan fingerprint density at radius 3 is 2.97 bits per heavy atom. The Morgan fingerprint density at radius 2 is 2.19 bits per heavy atom. The van der Waals surface area contributed by atoms with E-state index in [1.807, 2.05) is 12.1 Å². The van der Waals surface area contributed by atoms with E-state index < -0.39 is 0 Å². The number of furan rings is 1. The zero-order valence-electron chi connectivity index (χ0n) is 19.0. The van der Waals surface area contributed by atoms with Crippen molar-refractivity contribution in [3.05, 3.63) is 64.1 Å². The largest absolute Gasteiger partial charge is 0.468 e. The van der Waals surface area contributed by atoms with Crippen LogP contribution < -0.4 is 10.9 Å². The Morgan fingerprint density at radius 1 is 1.31 bits per heavy atom. The lowest BCUT2D eigenvalue weighted by molar-refractivity contribution is 0.0949. The van der Waals surface area contributed by atoms with Crippen LogP contribution in [0.1, 0.15) is 61.5 Å². The number of hydrogen-bond donors (Lipinski definition) is 1. The quantitative estimate of drug-likeness (QED) is 0.517. The number of fused-ring (bicyclic) bond motifs is 2. The van der Waals surface area contributed by atoms with Crippen LogP contribution in [-0.2, 0) is 19.5 Å². The number of nitrogens with zero attached hydrogens (tertiary/aromatic N) is 3. The van der Waals surface area contributed by atoms with Gasteiger partial charge in [0.25, 0.3) is 11.5 Å². The molecule has 3 aromatic rings. The molecule has 0 saturated heterocycles. The Kier molecular flexibility index (Phi) is 7.05. The van der Waals surface area contributed by atoms with E-state index in [0.29, 0.717) is 29.1 Å². The van der Waals surface area contributed by atoms with E-state index in [9.17, 15) is 9.59 Å². The minimum Gasteiger partial charge on any atom is -0.468 e. The molecule has 0 fully saturated rings. The molecule has 32 heavy (non-hydrogen) atoms. The van der Waals surface area contributed by atoms with Crippen molar-refractivity contribution in [3.63, 3.8) is 0 Å². The van der Waals surface area contributed by atoms with Crippen LogP contribution in [0.15, 0.2) is 45.8 Å². The fourth-order valence-electron chi connectivity index (χ4n) is 4.29. The molecule has 4 rings (SSSR count). The van der Waals surface area contributed by atoms with Gasteiger partial charge in [-0.3, -0.25) is 19.1 Å². The summed E-state index contributed by atoms with van der Waals surface area (Å²) in [6.45, 7) is 7.35. The van der Waals surface area contributed by atoms with Crippen molar-refractivity contribution in [2.45, 2.75) is 65.1 Å². The smallest absolute Gasteiger partial charge is 0.261 e. The number of carbonyl (C=O) groups excluding carboxylic acids is 1. The molecular formula is C25H32N4O3. The standard InChI is InChI=1S/C25H32N4O3/c1-3-18(2)28(17-20-8-6-15-32-20)13-7-12-26-24(30)19-10-11-21-22(16-19)27-23-9-4-5-14-29(23)25(21)31/h6,8,10-11,15-16,18H,3-5,7,9,12-14,17H2,1-2H3,(H,26,30)/t18-/m1/s1. The van der Waals surface area contributed by atoms with Crippen LogP contribution in [0.2, 0.25) is 0 Å². The van der Waals surface area contributed by atoms with E-state index in [1.165, 1.54) is 0 Å². The first-order chi connectivity index (χ1) is 15.6. The third-order valence-electron chi connectivity index (χ3n) is 6.39. The highest BCUT2D eigenvalue weighted by molar-refractivity contribution is 5.97. The molecule has 2 aromatic heterocycles. The van der Waals surface area contributed by atoms with Crippen molar-refractivity contribution in [2.75, 3.05) is 13.1 Å². The average Bonchev–Trinajstić information content (AvgIpc) is 3.33. The Balaban J connectivity index is 1.36. The fraction of sp³-hybridized carbons (Fsp3) is 0.480. The van der Waals surface area contributed by atoms with E-state index in [2.05, 4.69) is 29.0 Å². The maximum Gasteiger partial charge on any atom is 0.261 e. The summed E-state index contributed by atoms with van der Waals surface area (Å²) < 4.78 is 7.27. The summed E-state index contributed by atoms with van der Waals surface area (Å²) in [5.74, 6) is 1.65. The first-order valence-corrected chi connectivity index (χ1v) is 11.6. The molecule has 0 bridgehead atoms. The van der Waals surface area contributed by atoms with Gasteiger partial charge < -0.3 is 9.73 Å². The van der Waals surface area contributed by atoms with Crippen LogP contribution in [0.25, 0.3) is 10.9 Å². The minimum absolute atomic E-state index is 0.00153. The number of hydrogen-bond acceptors (Lipinski definition) is 5. The number of aryl methyl sites for hydroxylation is 1. The number of carbonyl (C=O) groups is 1. The van der Waals surface area contributed by atoms with Crippen LogP contribution in [0, 0.1) is 0 Å². The van der Waals surface area contributed by atoms with E-state index >= 15 is 0 Å². The summed E-state index contributed by atoms with van der Waals surface area (Å²) in [6.07, 6.45) is 6.47. The van der Waals surface area contributed by atoms with Gasteiger partial charge in [-0.25, -0.2) is 4.98 Å². The summed E-state index contributed by atoms with van der Waals surface area (Å²) in [7, 11) is 0. The van der Waals surface area contributed by atoms with Gasteiger partial charge in [0, 0.05) is 37.7 Å². The lowest BCUT2D eigenvalue weighted by atomic mass is 10.1. The minimum atomic E-state index is -0.132. The van der Waals surface area contributed by atoms with Gasteiger partial charge in [-0.1, -0.05) is 6.92 Å². The van der Waals surface area contributed by atoms with Crippen LogP contribution in [0.5, 0.6) is 0 Å². The number of rotatable bonds is 9. The van der Waals surface area contributed by atoms with Gasteiger partial charge in [0.15, 0.2) is 0 Å². The average molecular weight is 437 g/mol. The molecule has 0 radical (unpaired) electrons. The maximum atomic E-state index is 12.7. The number of benzene rings is 1. The molecule has 7 heteroatoms. The van der Waals surface area contributed by atoms with E-state index in [-0.39, 0.29) is 11.5 Å². The summed E-state index contributed by atoms with van der Waals surface area (Å²) in [5.41, 5.74) is 1.15. The first kappa shape index (κ1) is 22.3. The molecule has 3 heterocycles. The van der Waals surface area contributed by atoms with Crippen molar-refractivity contribution >= 4 is 16.8 Å². The van der Waals surface area contributed by atoms with Crippen LogP contribution >= 0.6 is 0 Å². The lowest BCUT2D eigenvalue weighted by Gasteiger charge is -2.27. The molecule has 1 N–H and O–H groups in total. The van der Waals surface area contributed by atoms with Gasteiger partial charge in [0.1, 0.15) is 11.6 Å². The van der Waals surface area contributed by atoms with Gasteiger partial charge in [-0.15, -0.1) is 0 Å². The summed E-state index contributed by atoms with van der Waals surface area (Å²) >= 11 is 0. The molecular weight excluding hydrogens is 404 g/mol. The third-order valence-corrected chi connectivity index (χ3v) is 6.39. The van der Waals surface area contributed by atoms with Gasteiger partial charge in [-0.05, 0) is 62.9 Å². The summed E-state index contributed by atoms with van der Waals surface area (Å²) in [4.78, 5) is 32.5. The first-order valence-electron chi connectivity index (χ1n) is 11.6. The molecule has 0 unspecified atom stereocenters. The molecule has 7 nitrogen and oxygen atoms in total. The third kappa shape index (κ3) is 4.93. The monoisotopic (exact) mass is 436 g/mol. The van der Waals surface area contributed by atoms with Crippen molar-refractivity contribution in [2.24, 2.45) is 0 Å². The topological polar surface area (TPSA) is 80.4 Å². The van der Waals surface area contributed by atoms with Crippen molar-refractivity contribution < 1.29 is 9.21 Å². The maximum absolute atomic E-state index is 12.7. The normalized spacial score (nSPS) is 14.5. The highest BCUT2D eigenvalue weighted by Gasteiger charge is 2.17. The zero-order valence-corrected chi connectivity index (χ0v) is 19.0. The predicted molar refractivity (Wildman–Crippen MR) is 125 cm³/mol. The number of aromatic nitrogens is 2. The van der Waals surface area contributed by atoms with Crippen LogP contribution in [0.3, 0.4) is 0 Å². The molecule has 0 aliphatic carbocycles. The van der Waals surface area contributed by atoms with Gasteiger partial charge in [-0.2, -0.15) is 0 Å². The molecule has 1 aliphatic rings. The Bertz CT molecular complexity index is 1120. The summed E-state index contributed by atoms with van der Waals surface area (Å²) in [6, 6.07) is 9.53. The molecule has 1 atom stereocenters. The fourth-order valence-corrected chi connectivity index (χ4v) is 4.29. The molecule has 1 aliphatic heterocycles. The second kappa shape index (κ2) is 10.1. The molecule has 1 aromatic carbocycles. The van der Waals surface area contributed by atoms with Gasteiger partial charge in [0.05, 0.1) is 23.7 Å².